The molecule has 10 nitrogen and oxygen atoms in total. The summed E-state index contributed by atoms with van der Waals surface area (Å²) in [6, 6.07) is 12.4. The van der Waals surface area contributed by atoms with Gasteiger partial charge in [-0.1, -0.05) is 0 Å². The maximum Gasteiger partial charge on any atom is 0.325 e. The molecule has 0 saturated carbocycles. The second kappa shape index (κ2) is 11.2. The first-order valence-corrected chi connectivity index (χ1v) is 13.1. The van der Waals surface area contributed by atoms with E-state index in [0.29, 0.717) is 33.5 Å². The van der Waals surface area contributed by atoms with Crippen LogP contribution in [0.15, 0.2) is 54.9 Å². The summed E-state index contributed by atoms with van der Waals surface area (Å²) >= 11 is 1.44. The van der Waals surface area contributed by atoms with Crippen LogP contribution in [0.25, 0.3) is 10.9 Å². The highest BCUT2D eigenvalue weighted by atomic mass is 32.1. The van der Waals surface area contributed by atoms with E-state index >= 15 is 0 Å². The highest BCUT2D eigenvalue weighted by molar-refractivity contribution is 7.14. The average molecular weight is 536 g/mol. The zero-order valence-corrected chi connectivity index (χ0v) is 22.0. The fraction of sp³-hybridized carbons (Fsp3) is 0.296. The Morgan fingerprint density at radius 3 is 2.84 bits per heavy atom. The molecule has 5 rings (SSSR count). The van der Waals surface area contributed by atoms with E-state index in [1.54, 1.807) is 43.7 Å². The normalized spacial score (nSPS) is 15.5. The highest BCUT2D eigenvalue weighted by Crippen LogP contribution is 2.36. The van der Waals surface area contributed by atoms with Crippen molar-refractivity contribution in [3.63, 3.8) is 0 Å². The van der Waals surface area contributed by atoms with E-state index in [1.165, 1.54) is 23.0 Å². The summed E-state index contributed by atoms with van der Waals surface area (Å²) in [5.74, 6) is 1.49. The molecule has 38 heavy (non-hydrogen) atoms. The third-order valence-corrected chi connectivity index (χ3v) is 7.63. The maximum atomic E-state index is 12.9. The molecule has 0 unspecified atom stereocenters. The van der Waals surface area contributed by atoms with Gasteiger partial charge in [0, 0.05) is 54.4 Å². The number of methoxy groups -OCH3 is 1. The van der Waals surface area contributed by atoms with Gasteiger partial charge in [-0.3, -0.25) is 14.3 Å². The number of hydrogen-bond acceptors (Lipinski definition) is 8. The zero-order chi connectivity index (χ0) is 26.6. The van der Waals surface area contributed by atoms with Gasteiger partial charge in [-0.05, 0) is 49.7 Å². The van der Waals surface area contributed by atoms with E-state index in [4.69, 9.17) is 9.47 Å². The van der Waals surface area contributed by atoms with Crippen LogP contribution in [0.5, 0.6) is 17.2 Å². The van der Waals surface area contributed by atoms with Crippen LogP contribution in [0.4, 0.5) is 10.6 Å². The van der Waals surface area contributed by atoms with Gasteiger partial charge in [-0.25, -0.2) is 9.78 Å². The van der Waals surface area contributed by atoms with E-state index in [2.05, 4.69) is 20.5 Å². The van der Waals surface area contributed by atoms with Crippen molar-refractivity contribution in [3.8, 4) is 17.2 Å². The number of nitrogens with one attached hydrogen (secondary N) is 2. The Labute approximate surface area is 223 Å². The fourth-order valence-corrected chi connectivity index (χ4v) is 5.55. The van der Waals surface area contributed by atoms with Gasteiger partial charge in [-0.2, -0.15) is 0 Å². The third kappa shape index (κ3) is 5.35. The number of aliphatic hydroxyl groups excluding tert-OH is 1. The Morgan fingerprint density at radius 2 is 2.05 bits per heavy atom. The molecule has 1 saturated heterocycles. The van der Waals surface area contributed by atoms with Crippen molar-refractivity contribution in [3.05, 3.63) is 64.6 Å². The second-order valence-electron chi connectivity index (χ2n) is 8.95. The topological polar surface area (TPSA) is 118 Å². The number of nitrogens with zero attached hydrogens (tertiary/aromatic N) is 3. The first-order chi connectivity index (χ1) is 18.5. The van der Waals surface area contributed by atoms with Crippen LogP contribution in [0.1, 0.15) is 27.4 Å². The van der Waals surface area contributed by atoms with Crippen molar-refractivity contribution in [2.24, 2.45) is 0 Å². The molecule has 1 atom stereocenters. The number of benzene rings is 1. The van der Waals surface area contributed by atoms with Crippen molar-refractivity contribution in [1.82, 2.24) is 19.8 Å². The number of rotatable bonds is 8. The lowest BCUT2D eigenvalue weighted by atomic mass is 10.2. The molecule has 0 spiro atoms. The molecule has 0 bridgehead atoms. The summed E-state index contributed by atoms with van der Waals surface area (Å²) in [7, 11) is 3.10. The molecule has 4 heterocycles. The Morgan fingerprint density at radius 1 is 1.18 bits per heavy atom. The van der Waals surface area contributed by atoms with Crippen LogP contribution in [0.2, 0.25) is 0 Å². The lowest BCUT2D eigenvalue weighted by molar-refractivity contribution is 0.103. The van der Waals surface area contributed by atoms with Gasteiger partial charge in [-0.15, -0.1) is 11.3 Å². The molecule has 2 amide bonds. The summed E-state index contributed by atoms with van der Waals surface area (Å²) in [5, 5.41) is 15.8. The number of carbonyl (C=O) groups is 2. The number of likely N-dealkylation sites (tertiary alicyclic amines) is 1. The minimum atomic E-state index is -0.256. The number of ether oxygens (including phenoxy) is 2. The molecule has 4 aromatic rings. The minimum absolute atomic E-state index is 0.158. The molecular formula is C27H29N5O5S. The lowest BCUT2D eigenvalue weighted by Gasteiger charge is -2.21. The lowest BCUT2D eigenvalue weighted by Crippen LogP contribution is -2.31. The van der Waals surface area contributed by atoms with Gasteiger partial charge in [0.2, 0.25) is 0 Å². The van der Waals surface area contributed by atoms with Crippen molar-refractivity contribution in [2.75, 3.05) is 32.6 Å². The monoisotopic (exact) mass is 535 g/mol. The van der Waals surface area contributed by atoms with Crippen LogP contribution < -0.4 is 20.1 Å². The van der Waals surface area contributed by atoms with E-state index in [9.17, 15) is 14.7 Å². The number of pyridine rings is 1. The molecule has 0 aliphatic carbocycles. The number of anilines is 1. The summed E-state index contributed by atoms with van der Waals surface area (Å²) in [5.41, 5.74) is 0.683. The quantitative estimate of drug-likeness (QED) is 0.308. The Hall–Kier alpha value is -3.93. The summed E-state index contributed by atoms with van der Waals surface area (Å²) in [4.78, 5) is 33.2. The SMILES string of the molecule is CNC(=O)n1ccc2cc(Oc3ccnc(NC(=O)c4ccc(CN5CCC[C@@H]5CO)s4)c3)c(OC)cc21. The Kier molecular flexibility index (Phi) is 7.59. The number of amides is 2. The van der Waals surface area contributed by atoms with Crippen LogP contribution in [0.3, 0.4) is 0 Å². The molecular weight excluding hydrogens is 506 g/mol. The van der Waals surface area contributed by atoms with Crippen molar-refractivity contribution in [2.45, 2.75) is 25.4 Å². The van der Waals surface area contributed by atoms with E-state index in [0.717, 1.165) is 36.2 Å². The van der Waals surface area contributed by atoms with E-state index < -0.39 is 0 Å². The first-order valence-electron chi connectivity index (χ1n) is 12.3. The molecule has 198 valence electrons. The van der Waals surface area contributed by atoms with Gasteiger partial charge in [0.25, 0.3) is 5.91 Å². The van der Waals surface area contributed by atoms with E-state index in [1.807, 2.05) is 18.2 Å². The third-order valence-electron chi connectivity index (χ3n) is 6.56. The molecule has 1 aromatic carbocycles. The van der Waals surface area contributed by atoms with Gasteiger partial charge in [0.05, 0.1) is 24.1 Å². The van der Waals surface area contributed by atoms with Gasteiger partial charge < -0.3 is 25.2 Å². The van der Waals surface area contributed by atoms with Crippen LogP contribution in [-0.2, 0) is 6.54 Å². The number of aromatic nitrogens is 2. The largest absolute Gasteiger partial charge is 0.493 e. The molecule has 3 N–H and O–H groups in total. The van der Waals surface area contributed by atoms with Crippen LogP contribution in [0, 0.1) is 0 Å². The highest BCUT2D eigenvalue weighted by Gasteiger charge is 2.24. The summed E-state index contributed by atoms with van der Waals surface area (Å²) in [6.07, 6.45) is 5.32. The number of aliphatic hydroxyl groups is 1. The Bertz CT molecular complexity index is 1470. The van der Waals surface area contributed by atoms with Crippen molar-refractivity contribution in [1.29, 1.82) is 0 Å². The predicted molar refractivity (Wildman–Crippen MR) is 145 cm³/mol. The fourth-order valence-electron chi connectivity index (χ4n) is 4.62. The standard InChI is InChI=1S/C27H29N5O5S/c1-28-27(35)32-11-8-17-12-23(22(36-2)14-21(17)32)37-19-7-9-29-25(13-19)30-26(34)24-6-5-20(38-24)15-31-10-3-4-18(31)16-33/h5-9,11-14,18,33H,3-4,10,15-16H2,1-2H3,(H,28,35)(H,29,30,34)/t18-/m1/s1. The van der Waals surface area contributed by atoms with E-state index in [-0.39, 0.29) is 24.6 Å². The van der Waals surface area contributed by atoms with Crippen molar-refractivity contribution >= 4 is 40.0 Å². The number of thiophene rings is 1. The second-order valence-corrected chi connectivity index (χ2v) is 10.1. The number of hydrogen-bond donors (Lipinski definition) is 3. The number of carbonyl (C=O) groups excluding carboxylic acids is 2. The maximum absolute atomic E-state index is 12.9. The van der Waals surface area contributed by atoms with Crippen LogP contribution in [-0.4, -0.2) is 64.8 Å². The summed E-state index contributed by atoms with van der Waals surface area (Å²) in [6.45, 7) is 1.84. The first kappa shape index (κ1) is 25.7. The molecule has 0 radical (unpaired) electrons. The molecule has 1 aliphatic rings. The molecule has 1 aliphatic heterocycles. The Balaban J connectivity index is 1.28. The predicted octanol–water partition coefficient (Wildman–Crippen LogP) is 4.30. The molecule has 1 fully saturated rings. The molecule has 3 aromatic heterocycles. The number of fused-ring (bicyclic) bond motifs is 1. The zero-order valence-electron chi connectivity index (χ0n) is 21.1. The minimum Gasteiger partial charge on any atom is -0.493 e. The summed E-state index contributed by atoms with van der Waals surface area (Å²) < 4.78 is 13.1. The molecule has 11 heteroatoms. The smallest absolute Gasteiger partial charge is 0.325 e. The van der Waals surface area contributed by atoms with Gasteiger partial charge >= 0.3 is 6.03 Å². The van der Waals surface area contributed by atoms with Crippen LogP contribution >= 0.6 is 11.3 Å². The average Bonchev–Trinajstić information content (AvgIpc) is 3.68. The van der Waals surface area contributed by atoms with Gasteiger partial charge in [0.15, 0.2) is 11.5 Å². The van der Waals surface area contributed by atoms with Crippen molar-refractivity contribution < 1.29 is 24.2 Å². The van der Waals surface area contributed by atoms with Gasteiger partial charge in [0.1, 0.15) is 11.6 Å².